The van der Waals surface area contributed by atoms with Crippen molar-refractivity contribution < 1.29 is 19.0 Å². The Morgan fingerprint density at radius 1 is 1.10 bits per heavy atom. The first kappa shape index (κ1) is 19.6. The first-order valence-electron chi connectivity index (χ1n) is 9.54. The van der Waals surface area contributed by atoms with Gasteiger partial charge in [0.15, 0.2) is 5.75 Å². The third-order valence-corrected chi connectivity index (χ3v) is 4.91. The number of aryl methyl sites for hydroxylation is 1. The Morgan fingerprint density at radius 2 is 1.93 bits per heavy atom. The van der Waals surface area contributed by atoms with Crippen molar-refractivity contribution in [2.24, 2.45) is 0 Å². The lowest BCUT2D eigenvalue weighted by Crippen LogP contribution is -2.23. The predicted octanol–water partition coefficient (Wildman–Crippen LogP) is 3.42. The predicted molar refractivity (Wildman–Crippen MR) is 111 cm³/mol. The van der Waals surface area contributed by atoms with E-state index in [1.54, 1.807) is 30.6 Å². The SMILES string of the molecule is CCOc1cncc(N2Cc3nc(-c4cnc(OC)c(OC)c4)cc(C)c3C2=O)c1. The largest absolute Gasteiger partial charge is 0.492 e. The number of anilines is 1. The molecule has 1 aliphatic rings. The zero-order valence-corrected chi connectivity index (χ0v) is 17.3. The average molecular weight is 406 g/mol. The fourth-order valence-corrected chi connectivity index (χ4v) is 3.53. The monoisotopic (exact) mass is 406 g/mol. The van der Waals surface area contributed by atoms with Gasteiger partial charge in [-0.2, -0.15) is 0 Å². The second-order valence-electron chi connectivity index (χ2n) is 6.78. The number of hydrogen-bond acceptors (Lipinski definition) is 7. The summed E-state index contributed by atoms with van der Waals surface area (Å²) in [5, 5.41) is 0. The molecule has 0 bridgehead atoms. The summed E-state index contributed by atoms with van der Waals surface area (Å²) < 4.78 is 16.1. The van der Waals surface area contributed by atoms with Gasteiger partial charge in [0.05, 0.1) is 62.4 Å². The number of ether oxygens (including phenoxy) is 3. The summed E-state index contributed by atoms with van der Waals surface area (Å²) in [6.45, 7) is 4.71. The van der Waals surface area contributed by atoms with Crippen LogP contribution in [-0.2, 0) is 6.54 Å². The van der Waals surface area contributed by atoms with Crippen LogP contribution in [0.1, 0.15) is 28.5 Å². The second kappa shape index (κ2) is 7.98. The van der Waals surface area contributed by atoms with Crippen LogP contribution < -0.4 is 19.1 Å². The van der Waals surface area contributed by atoms with Crippen molar-refractivity contribution in [3.63, 3.8) is 0 Å². The standard InChI is InChI=1S/C22H22N4O4/c1-5-30-16-8-15(10-23-11-16)26-12-18-20(22(26)27)13(2)6-17(25-18)14-7-19(28-3)21(29-4)24-9-14/h6-11H,5,12H2,1-4H3. The van der Waals surface area contributed by atoms with Gasteiger partial charge in [0, 0.05) is 17.8 Å². The molecular formula is C22H22N4O4. The van der Waals surface area contributed by atoms with Crippen LogP contribution in [0.2, 0.25) is 0 Å². The zero-order valence-electron chi connectivity index (χ0n) is 17.3. The molecule has 1 aliphatic heterocycles. The maximum Gasteiger partial charge on any atom is 0.260 e. The fraction of sp³-hybridized carbons (Fsp3) is 0.273. The van der Waals surface area contributed by atoms with E-state index in [9.17, 15) is 4.79 Å². The molecule has 0 unspecified atom stereocenters. The number of fused-ring (bicyclic) bond motifs is 1. The molecule has 0 saturated heterocycles. The molecule has 30 heavy (non-hydrogen) atoms. The van der Waals surface area contributed by atoms with Crippen LogP contribution in [0.15, 0.2) is 36.8 Å². The topological polar surface area (TPSA) is 86.7 Å². The number of aromatic nitrogens is 3. The van der Waals surface area contributed by atoms with Crippen LogP contribution in [0.5, 0.6) is 17.4 Å². The lowest BCUT2D eigenvalue weighted by Gasteiger charge is -2.16. The van der Waals surface area contributed by atoms with Crippen molar-refractivity contribution in [2.45, 2.75) is 20.4 Å². The van der Waals surface area contributed by atoms with Crippen LogP contribution in [0.3, 0.4) is 0 Å². The van der Waals surface area contributed by atoms with Gasteiger partial charge in [-0.3, -0.25) is 14.8 Å². The molecule has 0 fully saturated rings. The fourth-order valence-electron chi connectivity index (χ4n) is 3.53. The number of carbonyl (C=O) groups is 1. The highest BCUT2D eigenvalue weighted by Gasteiger charge is 2.32. The van der Waals surface area contributed by atoms with Crippen LogP contribution in [0.25, 0.3) is 11.3 Å². The molecule has 0 saturated carbocycles. The van der Waals surface area contributed by atoms with Crippen molar-refractivity contribution in [3.05, 3.63) is 53.6 Å². The zero-order chi connectivity index (χ0) is 21.3. The minimum absolute atomic E-state index is 0.0950. The molecular weight excluding hydrogens is 384 g/mol. The first-order chi connectivity index (χ1) is 14.5. The van der Waals surface area contributed by atoms with Crippen LogP contribution in [0.4, 0.5) is 5.69 Å². The van der Waals surface area contributed by atoms with Gasteiger partial charge in [-0.1, -0.05) is 0 Å². The van der Waals surface area contributed by atoms with Crippen molar-refractivity contribution in [1.29, 1.82) is 0 Å². The summed E-state index contributed by atoms with van der Waals surface area (Å²) in [6, 6.07) is 5.52. The average Bonchev–Trinajstić information content (AvgIpc) is 3.10. The van der Waals surface area contributed by atoms with Crippen molar-refractivity contribution in [2.75, 3.05) is 25.7 Å². The third kappa shape index (κ3) is 3.41. The van der Waals surface area contributed by atoms with Gasteiger partial charge >= 0.3 is 0 Å². The maximum absolute atomic E-state index is 13.1. The Kier molecular flexibility index (Phi) is 5.22. The Morgan fingerprint density at radius 3 is 2.67 bits per heavy atom. The van der Waals surface area contributed by atoms with E-state index < -0.39 is 0 Å². The van der Waals surface area contributed by atoms with Crippen molar-refractivity contribution >= 4 is 11.6 Å². The van der Waals surface area contributed by atoms with Gasteiger partial charge < -0.3 is 19.1 Å². The quantitative estimate of drug-likeness (QED) is 0.620. The molecule has 0 aromatic carbocycles. The van der Waals surface area contributed by atoms with Crippen LogP contribution in [-0.4, -0.2) is 41.7 Å². The van der Waals surface area contributed by atoms with E-state index in [4.69, 9.17) is 19.2 Å². The van der Waals surface area contributed by atoms with Gasteiger partial charge in [-0.15, -0.1) is 0 Å². The highest BCUT2D eigenvalue weighted by atomic mass is 16.5. The Labute approximate surface area is 174 Å². The number of pyridine rings is 3. The smallest absolute Gasteiger partial charge is 0.260 e. The summed E-state index contributed by atoms with van der Waals surface area (Å²) in [6.07, 6.45) is 4.96. The Hall–Kier alpha value is -3.68. The molecule has 8 heteroatoms. The van der Waals surface area contributed by atoms with Gasteiger partial charge in [0.25, 0.3) is 11.8 Å². The molecule has 3 aromatic heterocycles. The number of methoxy groups -OCH3 is 2. The van der Waals surface area contributed by atoms with Gasteiger partial charge in [0.2, 0.25) is 0 Å². The molecule has 4 rings (SSSR count). The van der Waals surface area contributed by atoms with E-state index >= 15 is 0 Å². The summed E-state index contributed by atoms with van der Waals surface area (Å²) >= 11 is 0. The van der Waals surface area contributed by atoms with E-state index in [1.807, 2.05) is 32.0 Å². The van der Waals surface area contributed by atoms with Gasteiger partial charge in [-0.05, 0) is 31.5 Å². The Bertz CT molecular complexity index is 1120. The lowest BCUT2D eigenvalue weighted by molar-refractivity contribution is 0.0996. The molecule has 1 amide bonds. The minimum Gasteiger partial charge on any atom is -0.492 e. The highest BCUT2D eigenvalue weighted by Crippen LogP contribution is 2.34. The molecule has 8 nitrogen and oxygen atoms in total. The van der Waals surface area contributed by atoms with Crippen molar-refractivity contribution in [3.8, 4) is 28.6 Å². The summed E-state index contributed by atoms with van der Waals surface area (Å²) in [4.78, 5) is 28.0. The molecule has 0 atom stereocenters. The Balaban J connectivity index is 1.70. The number of carbonyl (C=O) groups excluding carboxylic acids is 1. The van der Waals surface area contributed by atoms with E-state index in [0.717, 1.165) is 16.8 Å². The van der Waals surface area contributed by atoms with Crippen LogP contribution in [0, 0.1) is 6.92 Å². The third-order valence-electron chi connectivity index (χ3n) is 4.91. The van der Waals surface area contributed by atoms with Crippen molar-refractivity contribution in [1.82, 2.24) is 15.0 Å². The molecule has 154 valence electrons. The molecule has 3 aromatic rings. The highest BCUT2D eigenvalue weighted by molar-refractivity contribution is 6.10. The molecule has 4 heterocycles. The first-order valence-corrected chi connectivity index (χ1v) is 9.54. The van der Waals surface area contributed by atoms with E-state index in [2.05, 4.69) is 9.97 Å². The van der Waals surface area contributed by atoms with Gasteiger partial charge in [-0.25, -0.2) is 4.98 Å². The van der Waals surface area contributed by atoms with Gasteiger partial charge in [0.1, 0.15) is 5.75 Å². The maximum atomic E-state index is 13.1. The summed E-state index contributed by atoms with van der Waals surface area (Å²) in [5.74, 6) is 1.46. The molecule has 0 radical (unpaired) electrons. The van der Waals surface area contributed by atoms with E-state index in [-0.39, 0.29) is 5.91 Å². The number of nitrogens with zero attached hydrogens (tertiary/aromatic N) is 4. The molecule has 0 spiro atoms. The summed E-state index contributed by atoms with van der Waals surface area (Å²) in [5.41, 5.74) is 4.37. The van der Waals surface area contributed by atoms with Crippen LogP contribution >= 0.6 is 0 Å². The lowest BCUT2D eigenvalue weighted by atomic mass is 10.0. The minimum atomic E-state index is -0.0950. The molecule has 0 N–H and O–H groups in total. The number of hydrogen-bond donors (Lipinski definition) is 0. The number of rotatable bonds is 6. The second-order valence-corrected chi connectivity index (χ2v) is 6.78. The number of amides is 1. The summed E-state index contributed by atoms with van der Waals surface area (Å²) in [7, 11) is 3.10. The molecule has 0 aliphatic carbocycles. The normalized spacial score (nSPS) is 12.7. The van der Waals surface area contributed by atoms with E-state index in [1.165, 1.54) is 7.11 Å². The van der Waals surface area contributed by atoms with E-state index in [0.29, 0.717) is 47.5 Å².